The molecule has 1 saturated heterocycles. The quantitative estimate of drug-likeness (QED) is 0.856. The molecule has 0 unspecified atom stereocenters. The van der Waals surface area contributed by atoms with Crippen LogP contribution in [0.1, 0.15) is 62.6 Å². The molecule has 3 rings (SSSR count). The summed E-state index contributed by atoms with van der Waals surface area (Å²) < 4.78 is 42.9. The van der Waals surface area contributed by atoms with Gasteiger partial charge in [0.05, 0.1) is 0 Å². The minimum absolute atomic E-state index is 0.134. The van der Waals surface area contributed by atoms with Crippen LogP contribution in [0.3, 0.4) is 0 Å². The fourth-order valence-corrected chi connectivity index (χ4v) is 3.82. The van der Waals surface area contributed by atoms with E-state index in [2.05, 4.69) is 10.1 Å². The lowest BCUT2D eigenvalue weighted by atomic mass is 9.90. The molecule has 1 aromatic heterocycles. The summed E-state index contributed by atoms with van der Waals surface area (Å²) in [7, 11) is 0. The largest absolute Gasteiger partial charge is 0.414 e. The van der Waals surface area contributed by atoms with E-state index in [0.717, 1.165) is 12.8 Å². The zero-order valence-corrected chi connectivity index (χ0v) is 14.5. The molecule has 1 saturated carbocycles. The minimum Gasteiger partial charge on any atom is -0.383 e. The second kappa shape index (κ2) is 7.94. The van der Waals surface area contributed by atoms with E-state index in [9.17, 15) is 23.1 Å². The molecular weight excluding hydrogens is 351 g/mol. The molecular formula is C17H24F3N3O3. The normalized spacial score (nSPS) is 21.3. The molecule has 0 bridgehead atoms. The maximum Gasteiger partial charge on any atom is 0.414 e. The monoisotopic (exact) mass is 375 g/mol. The third-order valence-electron chi connectivity index (χ3n) is 5.43. The third-order valence-corrected chi connectivity index (χ3v) is 5.43. The van der Waals surface area contributed by atoms with Gasteiger partial charge < -0.3 is 14.5 Å². The zero-order valence-electron chi connectivity index (χ0n) is 14.5. The molecule has 0 spiro atoms. The topological polar surface area (TPSA) is 79.5 Å². The first kappa shape index (κ1) is 19.1. The summed E-state index contributed by atoms with van der Waals surface area (Å²) in [6.45, 7) is 0.460. The Hall–Kier alpha value is -1.64. The second-order valence-corrected chi connectivity index (χ2v) is 7.23. The highest BCUT2D eigenvalue weighted by Gasteiger charge is 2.44. The number of likely N-dealkylation sites (tertiary alicyclic amines) is 1. The predicted molar refractivity (Wildman–Crippen MR) is 85.2 cm³/mol. The van der Waals surface area contributed by atoms with Crippen molar-refractivity contribution in [2.45, 2.75) is 69.6 Å². The number of halogens is 3. The van der Waals surface area contributed by atoms with E-state index >= 15 is 0 Å². The van der Waals surface area contributed by atoms with Crippen LogP contribution in [-0.2, 0) is 11.2 Å². The number of amides is 1. The van der Waals surface area contributed by atoms with Crippen molar-refractivity contribution in [3.63, 3.8) is 0 Å². The van der Waals surface area contributed by atoms with E-state index in [4.69, 9.17) is 4.52 Å². The number of rotatable bonds is 5. The van der Waals surface area contributed by atoms with E-state index in [-0.39, 0.29) is 38.3 Å². The SMILES string of the molecule is O=C(CCc1nc(C2CCCC2)no1)N1CCC([C@H](O)C(F)(F)F)CC1. The van der Waals surface area contributed by atoms with Gasteiger partial charge in [-0.2, -0.15) is 18.2 Å². The number of hydrogen-bond acceptors (Lipinski definition) is 5. The maximum atomic E-state index is 12.6. The number of aryl methyl sites for hydroxylation is 1. The first-order valence-corrected chi connectivity index (χ1v) is 9.19. The Kier molecular flexibility index (Phi) is 5.84. The summed E-state index contributed by atoms with van der Waals surface area (Å²) in [4.78, 5) is 18.2. The highest BCUT2D eigenvalue weighted by molar-refractivity contribution is 5.76. The minimum atomic E-state index is -4.61. The molecule has 1 N–H and O–H groups in total. The molecule has 26 heavy (non-hydrogen) atoms. The van der Waals surface area contributed by atoms with Crippen LogP contribution < -0.4 is 0 Å². The van der Waals surface area contributed by atoms with Gasteiger partial charge in [-0.25, -0.2) is 0 Å². The summed E-state index contributed by atoms with van der Waals surface area (Å²) in [5.41, 5.74) is 0. The van der Waals surface area contributed by atoms with Gasteiger partial charge in [0.25, 0.3) is 0 Å². The lowest BCUT2D eigenvalue weighted by molar-refractivity contribution is -0.222. The van der Waals surface area contributed by atoms with E-state index in [1.54, 1.807) is 4.90 Å². The Morgan fingerprint density at radius 2 is 1.88 bits per heavy atom. The van der Waals surface area contributed by atoms with Crippen LogP contribution in [0.4, 0.5) is 13.2 Å². The molecule has 146 valence electrons. The summed E-state index contributed by atoms with van der Waals surface area (Å²) in [6, 6.07) is 0. The molecule has 1 aliphatic carbocycles. The Labute approximate surface area is 149 Å². The average Bonchev–Trinajstić information content (AvgIpc) is 3.29. The van der Waals surface area contributed by atoms with Crippen LogP contribution in [-0.4, -0.2) is 51.4 Å². The van der Waals surface area contributed by atoms with Crippen LogP contribution >= 0.6 is 0 Å². The highest BCUT2D eigenvalue weighted by atomic mass is 19.4. The number of hydrogen-bond donors (Lipinski definition) is 1. The number of carbonyl (C=O) groups excluding carboxylic acids is 1. The molecule has 0 radical (unpaired) electrons. The average molecular weight is 375 g/mol. The number of alkyl halides is 3. The van der Waals surface area contributed by atoms with E-state index in [1.165, 1.54) is 12.8 Å². The molecule has 2 aliphatic rings. The van der Waals surface area contributed by atoms with E-state index < -0.39 is 18.2 Å². The van der Waals surface area contributed by atoms with Crippen molar-refractivity contribution in [3.8, 4) is 0 Å². The molecule has 1 amide bonds. The molecule has 2 fully saturated rings. The summed E-state index contributed by atoms with van der Waals surface area (Å²) in [6.07, 6.45) is -1.61. The van der Waals surface area contributed by atoms with Crippen molar-refractivity contribution in [1.29, 1.82) is 0 Å². The van der Waals surface area contributed by atoms with Crippen molar-refractivity contribution < 1.29 is 27.6 Å². The van der Waals surface area contributed by atoms with Gasteiger partial charge in [0.2, 0.25) is 11.8 Å². The first-order valence-electron chi connectivity index (χ1n) is 9.19. The first-order chi connectivity index (χ1) is 12.3. The molecule has 1 atom stereocenters. The lowest BCUT2D eigenvalue weighted by Crippen LogP contribution is -2.45. The van der Waals surface area contributed by atoms with Crippen molar-refractivity contribution in [1.82, 2.24) is 15.0 Å². The van der Waals surface area contributed by atoms with Gasteiger partial charge in [0.15, 0.2) is 11.9 Å². The van der Waals surface area contributed by atoms with E-state index in [0.29, 0.717) is 24.1 Å². The van der Waals surface area contributed by atoms with Gasteiger partial charge in [0, 0.05) is 31.8 Å². The van der Waals surface area contributed by atoms with Crippen molar-refractivity contribution >= 4 is 5.91 Å². The van der Waals surface area contributed by atoms with Crippen LogP contribution in [0.5, 0.6) is 0 Å². The Balaban J connectivity index is 1.43. The number of nitrogens with zero attached hydrogens (tertiary/aromatic N) is 3. The molecule has 9 heteroatoms. The molecule has 6 nitrogen and oxygen atoms in total. The van der Waals surface area contributed by atoms with Gasteiger partial charge in [0.1, 0.15) is 0 Å². The van der Waals surface area contributed by atoms with Crippen LogP contribution in [0.15, 0.2) is 4.52 Å². The number of piperidine rings is 1. The van der Waals surface area contributed by atoms with Crippen molar-refractivity contribution in [2.75, 3.05) is 13.1 Å². The predicted octanol–water partition coefficient (Wildman–Crippen LogP) is 2.82. The van der Waals surface area contributed by atoms with E-state index in [1.807, 2.05) is 0 Å². The van der Waals surface area contributed by atoms with Crippen LogP contribution in [0, 0.1) is 5.92 Å². The molecule has 1 aliphatic heterocycles. The second-order valence-electron chi connectivity index (χ2n) is 7.23. The third kappa shape index (κ3) is 4.55. The van der Waals surface area contributed by atoms with Crippen LogP contribution in [0.25, 0.3) is 0 Å². The fourth-order valence-electron chi connectivity index (χ4n) is 3.82. The smallest absolute Gasteiger partial charge is 0.383 e. The van der Waals surface area contributed by atoms with Crippen LogP contribution in [0.2, 0.25) is 0 Å². The summed E-state index contributed by atoms with van der Waals surface area (Å²) in [5, 5.41) is 13.3. The Morgan fingerprint density at radius 1 is 1.23 bits per heavy atom. The lowest BCUT2D eigenvalue weighted by Gasteiger charge is -2.34. The van der Waals surface area contributed by atoms with Gasteiger partial charge in [-0.05, 0) is 31.6 Å². The number of aliphatic hydroxyl groups is 1. The molecule has 1 aromatic rings. The zero-order chi connectivity index (χ0) is 18.7. The van der Waals surface area contributed by atoms with Gasteiger partial charge in [-0.3, -0.25) is 4.79 Å². The maximum absolute atomic E-state index is 12.6. The van der Waals surface area contributed by atoms with Crippen molar-refractivity contribution in [2.24, 2.45) is 5.92 Å². The standard InChI is InChI=1S/C17H24F3N3O3/c18-17(19,20)15(25)11-7-9-23(10-8-11)14(24)6-5-13-21-16(22-26-13)12-3-1-2-4-12/h11-12,15,25H,1-10H2/t15-/m0/s1. The Bertz CT molecular complexity index is 606. The summed E-state index contributed by atoms with van der Waals surface area (Å²) in [5.74, 6) is 0.520. The highest BCUT2D eigenvalue weighted by Crippen LogP contribution is 2.33. The van der Waals surface area contributed by atoms with Crippen molar-refractivity contribution in [3.05, 3.63) is 11.7 Å². The van der Waals surface area contributed by atoms with Gasteiger partial charge in [-0.1, -0.05) is 18.0 Å². The molecule has 2 heterocycles. The van der Waals surface area contributed by atoms with Gasteiger partial charge in [-0.15, -0.1) is 0 Å². The number of aromatic nitrogens is 2. The Morgan fingerprint density at radius 3 is 2.50 bits per heavy atom. The fraction of sp³-hybridized carbons (Fsp3) is 0.824. The number of aliphatic hydroxyl groups excluding tert-OH is 1. The summed E-state index contributed by atoms with van der Waals surface area (Å²) >= 11 is 0. The number of carbonyl (C=O) groups is 1. The van der Waals surface area contributed by atoms with Gasteiger partial charge >= 0.3 is 6.18 Å². The molecule has 0 aromatic carbocycles.